The molecule has 2 rings (SSSR count). The van der Waals surface area contributed by atoms with E-state index in [9.17, 15) is 9.18 Å². The first-order valence-corrected chi connectivity index (χ1v) is 6.45. The highest BCUT2D eigenvalue weighted by molar-refractivity contribution is 5.94. The predicted molar refractivity (Wildman–Crippen MR) is 75.2 cm³/mol. The van der Waals surface area contributed by atoms with Crippen molar-refractivity contribution in [3.63, 3.8) is 0 Å². The Balaban J connectivity index is 2.01. The second kappa shape index (κ2) is 6.70. The molecule has 0 radical (unpaired) electrons. The van der Waals surface area contributed by atoms with Crippen molar-refractivity contribution in [1.82, 2.24) is 5.32 Å². The molecule has 3 nitrogen and oxygen atoms in total. The smallest absolute Gasteiger partial charge is 0.251 e. The quantitative estimate of drug-likeness (QED) is 0.908. The Morgan fingerprint density at radius 1 is 1.15 bits per heavy atom. The van der Waals surface area contributed by atoms with Gasteiger partial charge in [0.15, 0.2) is 0 Å². The summed E-state index contributed by atoms with van der Waals surface area (Å²) in [6.45, 7) is 2.85. The van der Waals surface area contributed by atoms with Crippen LogP contribution in [0, 0.1) is 5.82 Å². The Hall–Kier alpha value is -2.36. The highest BCUT2D eigenvalue weighted by Crippen LogP contribution is 2.17. The highest BCUT2D eigenvalue weighted by Gasteiger charge is 2.07. The van der Waals surface area contributed by atoms with Crippen LogP contribution >= 0.6 is 0 Å². The number of hydrogen-bond donors (Lipinski definition) is 1. The number of benzene rings is 2. The van der Waals surface area contributed by atoms with E-state index in [-0.39, 0.29) is 11.7 Å². The molecule has 0 aliphatic heterocycles. The number of halogens is 1. The standard InChI is InChI=1S/C16H16FNO2/c1-2-20-15-6-4-3-5-13(15)11-18-16(19)12-7-9-14(17)10-8-12/h3-10H,2,11H2,1H3,(H,18,19). The molecule has 2 aromatic rings. The van der Waals surface area contributed by atoms with Gasteiger partial charge in [-0.2, -0.15) is 0 Å². The third-order valence-electron chi connectivity index (χ3n) is 2.82. The number of ether oxygens (including phenoxy) is 1. The van der Waals surface area contributed by atoms with E-state index in [1.807, 2.05) is 31.2 Å². The van der Waals surface area contributed by atoms with Crippen molar-refractivity contribution >= 4 is 5.91 Å². The van der Waals surface area contributed by atoms with Gasteiger partial charge in [0.2, 0.25) is 0 Å². The van der Waals surface area contributed by atoms with Crippen LogP contribution in [0.3, 0.4) is 0 Å². The van der Waals surface area contributed by atoms with Gasteiger partial charge in [-0.1, -0.05) is 18.2 Å². The van der Waals surface area contributed by atoms with Crippen LogP contribution < -0.4 is 10.1 Å². The van der Waals surface area contributed by atoms with Crippen molar-refractivity contribution in [2.45, 2.75) is 13.5 Å². The molecule has 0 atom stereocenters. The molecule has 0 aliphatic carbocycles. The van der Waals surface area contributed by atoms with Crippen LogP contribution in [0.5, 0.6) is 5.75 Å². The van der Waals surface area contributed by atoms with Crippen LogP contribution in [0.15, 0.2) is 48.5 Å². The van der Waals surface area contributed by atoms with Crippen LogP contribution in [0.25, 0.3) is 0 Å². The summed E-state index contributed by atoms with van der Waals surface area (Å²) in [5, 5.41) is 2.79. The molecule has 0 unspecified atom stereocenters. The van der Waals surface area contributed by atoms with Gasteiger partial charge >= 0.3 is 0 Å². The van der Waals surface area contributed by atoms with E-state index < -0.39 is 0 Å². The molecule has 0 bridgehead atoms. The zero-order valence-corrected chi connectivity index (χ0v) is 11.2. The van der Waals surface area contributed by atoms with Crippen molar-refractivity contribution in [3.8, 4) is 5.75 Å². The topological polar surface area (TPSA) is 38.3 Å². The molecule has 1 amide bonds. The number of carbonyl (C=O) groups excluding carboxylic acids is 1. The van der Waals surface area contributed by atoms with Crippen molar-refractivity contribution in [2.75, 3.05) is 6.61 Å². The van der Waals surface area contributed by atoms with Crippen LogP contribution in [0.4, 0.5) is 4.39 Å². The Kier molecular flexibility index (Phi) is 4.71. The summed E-state index contributed by atoms with van der Waals surface area (Å²) in [6.07, 6.45) is 0. The van der Waals surface area contributed by atoms with Crippen LogP contribution in [0.1, 0.15) is 22.8 Å². The minimum Gasteiger partial charge on any atom is -0.494 e. The highest BCUT2D eigenvalue weighted by atomic mass is 19.1. The lowest BCUT2D eigenvalue weighted by atomic mass is 10.1. The number of hydrogen-bond acceptors (Lipinski definition) is 2. The summed E-state index contributed by atoms with van der Waals surface area (Å²) in [7, 11) is 0. The Morgan fingerprint density at radius 3 is 2.55 bits per heavy atom. The van der Waals surface area contributed by atoms with E-state index in [4.69, 9.17) is 4.74 Å². The van der Waals surface area contributed by atoms with E-state index in [1.54, 1.807) is 0 Å². The Labute approximate surface area is 117 Å². The van der Waals surface area contributed by atoms with Gasteiger partial charge < -0.3 is 10.1 Å². The summed E-state index contributed by atoms with van der Waals surface area (Å²) < 4.78 is 18.3. The lowest BCUT2D eigenvalue weighted by Crippen LogP contribution is -2.23. The molecule has 0 heterocycles. The average Bonchev–Trinajstić information content (AvgIpc) is 2.47. The predicted octanol–water partition coefficient (Wildman–Crippen LogP) is 3.15. The van der Waals surface area contributed by atoms with Crippen molar-refractivity contribution in [1.29, 1.82) is 0 Å². The maximum Gasteiger partial charge on any atom is 0.251 e. The summed E-state index contributed by atoms with van der Waals surface area (Å²) in [6, 6.07) is 13.0. The largest absolute Gasteiger partial charge is 0.494 e. The zero-order valence-electron chi connectivity index (χ0n) is 11.2. The molecule has 0 aromatic heterocycles. The van der Waals surface area contributed by atoms with Crippen molar-refractivity contribution in [3.05, 3.63) is 65.5 Å². The second-order valence-electron chi connectivity index (χ2n) is 4.23. The maximum atomic E-state index is 12.8. The molecule has 104 valence electrons. The van der Waals surface area contributed by atoms with Gasteiger partial charge in [0.1, 0.15) is 11.6 Å². The fourth-order valence-electron chi connectivity index (χ4n) is 1.83. The maximum absolute atomic E-state index is 12.8. The normalized spacial score (nSPS) is 10.1. The minimum absolute atomic E-state index is 0.240. The Morgan fingerprint density at radius 2 is 1.85 bits per heavy atom. The second-order valence-corrected chi connectivity index (χ2v) is 4.23. The van der Waals surface area contributed by atoms with Crippen molar-refractivity contribution < 1.29 is 13.9 Å². The molecule has 4 heteroatoms. The van der Waals surface area contributed by atoms with E-state index in [2.05, 4.69) is 5.32 Å². The average molecular weight is 273 g/mol. The van der Waals surface area contributed by atoms with Gasteiger partial charge in [0.05, 0.1) is 6.61 Å². The first-order chi connectivity index (χ1) is 9.70. The third kappa shape index (κ3) is 3.57. The first-order valence-electron chi connectivity index (χ1n) is 6.45. The molecular formula is C16H16FNO2. The minimum atomic E-state index is -0.358. The number of para-hydroxylation sites is 1. The number of carbonyl (C=O) groups is 1. The van der Waals surface area contributed by atoms with E-state index in [0.29, 0.717) is 18.7 Å². The van der Waals surface area contributed by atoms with Crippen LogP contribution in [-0.4, -0.2) is 12.5 Å². The number of rotatable bonds is 5. The van der Waals surface area contributed by atoms with Gasteiger partial charge in [0.25, 0.3) is 5.91 Å². The van der Waals surface area contributed by atoms with Gasteiger partial charge in [-0.05, 0) is 37.3 Å². The van der Waals surface area contributed by atoms with Crippen molar-refractivity contribution in [2.24, 2.45) is 0 Å². The first kappa shape index (κ1) is 14.1. The molecular weight excluding hydrogens is 257 g/mol. The molecule has 0 aliphatic rings. The lowest BCUT2D eigenvalue weighted by Gasteiger charge is -2.11. The van der Waals surface area contributed by atoms with Gasteiger partial charge in [-0.3, -0.25) is 4.79 Å². The monoisotopic (exact) mass is 273 g/mol. The molecule has 1 N–H and O–H groups in total. The fraction of sp³-hybridized carbons (Fsp3) is 0.188. The summed E-state index contributed by atoms with van der Waals surface area (Å²) in [5.41, 5.74) is 1.34. The van der Waals surface area contributed by atoms with E-state index in [0.717, 1.165) is 11.3 Å². The molecule has 20 heavy (non-hydrogen) atoms. The SMILES string of the molecule is CCOc1ccccc1CNC(=O)c1ccc(F)cc1. The summed E-state index contributed by atoms with van der Waals surface area (Å²) in [5.74, 6) is 0.161. The third-order valence-corrected chi connectivity index (χ3v) is 2.82. The molecule has 0 saturated heterocycles. The van der Waals surface area contributed by atoms with Gasteiger partial charge in [-0.15, -0.1) is 0 Å². The van der Waals surface area contributed by atoms with E-state index >= 15 is 0 Å². The van der Waals surface area contributed by atoms with Crippen LogP contribution in [0.2, 0.25) is 0 Å². The summed E-state index contributed by atoms with van der Waals surface area (Å²) in [4.78, 5) is 11.9. The molecule has 0 saturated carbocycles. The molecule has 2 aromatic carbocycles. The van der Waals surface area contributed by atoms with Gasteiger partial charge in [-0.25, -0.2) is 4.39 Å². The lowest BCUT2D eigenvalue weighted by molar-refractivity contribution is 0.0950. The molecule has 0 fully saturated rings. The molecule has 0 spiro atoms. The van der Waals surface area contributed by atoms with Crippen LogP contribution in [-0.2, 0) is 6.54 Å². The Bertz CT molecular complexity index is 581. The van der Waals surface area contributed by atoms with Gasteiger partial charge in [0, 0.05) is 17.7 Å². The van der Waals surface area contributed by atoms with E-state index in [1.165, 1.54) is 24.3 Å². The zero-order chi connectivity index (χ0) is 14.4. The summed E-state index contributed by atoms with van der Waals surface area (Å²) >= 11 is 0. The fourth-order valence-corrected chi connectivity index (χ4v) is 1.83. The number of amides is 1. The number of nitrogens with one attached hydrogen (secondary N) is 1.